The fraction of sp³-hybridized carbons (Fsp3) is 0.417. The Hall–Kier alpha value is -1.69. The minimum Gasteiger partial charge on any atom is -0.387 e. The summed E-state index contributed by atoms with van der Waals surface area (Å²) in [5.74, 6) is -1.66. The summed E-state index contributed by atoms with van der Waals surface area (Å²) in [6.45, 7) is 0.481. The zero-order chi connectivity index (χ0) is 13.1. The van der Waals surface area contributed by atoms with Crippen molar-refractivity contribution in [3.63, 3.8) is 0 Å². The van der Waals surface area contributed by atoms with E-state index in [2.05, 4.69) is 5.32 Å². The number of aliphatic hydroxyl groups excluding tert-OH is 1. The molecule has 1 aromatic rings. The maximum absolute atomic E-state index is 13.5. The highest BCUT2D eigenvalue weighted by atomic mass is 19.1. The van der Waals surface area contributed by atoms with E-state index in [-0.39, 0.29) is 6.04 Å². The van der Waals surface area contributed by atoms with Gasteiger partial charge in [0.05, 0.1) is 5.69 Å². The third-order valence-electron chi connectivity index (χ3n) is 2.95. The molecule has 1 heterocycles. The van der Waals surface area contributed by atoms with Crippen LogP contribution in [0.25, 0.3) is 0 Å². The summed E-state index contributed by atoms with van der Waals surface area (Å²) >= 11 is 0. The Morgan fingerprint density at radius 1 is 1.50 bits per heavy atom. The highest BCUT2D eigenvalue weighted by Gasteiger charge is 2.25. The van der Waals surface area contributed by atoms with E-state index < -0.39 is 24.1 Å². The van der Waals surface area contributed by atoms with Crippen LogP contribution >= 0.6 is 0 Å². The number of aliphatic hydroxyl groups is 1. The topological polar surface area (TPSA) is 52.6 Å². The Bertz CT molecular complexity index is 454. The molecule has 4 nitrogen and oxygen atoms in total. The molecule has 6 heteroatoms. The minimum absolute atomic E-state index is 0.117. The van der Waals surface area contributed by atoms with Crippen molar-refractivity contribution in [1.29, 1.82) is 0 Å². The molecule has 1 atom stereocenters. The Labute approximate surface area is 103 Å². The predicted octanol–water partition coefficient (Wildman–Crippen LogP) is 0.652. The molecular weight excluding hydrogens is 242 g/mol. The number of anilines is 1. The number of hydrogen-bond donors (Lipinski definition) is 2. The maximum atomic E-state index is 13.5. The Kier molecular flexibility index (Phi) is 3.76. The van der Waals surface area contributed by atoms with Gasteiger partial charge in [0.15, 0.2) is 0 Å². The van der Waals surface area contributed by atoms with Crippen LogP contribution in [0.3, 0.4) is 0 Å². The molecule has 2 N–H and O–H groups in total. The highest BCUT2D eigenvalue weighted by Crippen LogP contribution is 2.24. The fourth-order valence-corrected chi connectivity index (χ4v) is 2.11. The molecular formula is C12H14F2N2O2. The molecule has 18 heavy (non-hydrogen) atoms. The molecule has 0 aliphatic carbocycles. The van der Waals surface area contributed by atoms with Crippen molar-refractivity contribution < 1.29 is 18.7 Å². The molecule has 1 saturated heterocycles. The second-order valence-electron chi connectivity index (χ2n) is 4.25. The van der Waals surface area contributed by atoms with Gasteiger partial charge in [-0.05, 0) is 18.6 Å². The average molecular weight is 256 g/mol. The molecule has 1 amide bonds. The monoisotopic (exact) mass is 256 g/mol. The molecule has 0 radical (unpaired) electrons. The van der Waals surface area contributed by atoms with Gasteiger partial charge in [0.25, 0.3) is 0 Å². The summed E-state index contributed by atoms with van der Waals surface area (Å²) in [4.78, 5) is 12.8. The molecule has 0 saturated carbocycles. The number of amides is 1. The SMILES string of the molecule is O=C(CO)NC1CCN(c2ccc(F)cc2F)C1. The van der Waals surface area contributed by atoms with E-state index in [0.717, 1.165) is 6.07 Å². The lowest BCUT2D eigenvalue weighted by Crippen LogP contribution is -2.38. The maximum Gasteiger partial charge on any atom is 0.245 e. The van der Waals surface area contributed by atoms with E-state index in [1.54, 1.807) is 4.90 Å². The summed E-state index contributed by atoms with van der Waals surface area (Å²) in [6.07, 6.45) is 0.669. The van der Waals surface area contributed by atoms with Crippen LogP contribution in [0.5, 0.6) is 0 Å². The number of nitrogens with one attached hydrogen (secondary N) is 1. The molecule has 0 aromatic heterocycles. The number of hydrogen-bond acceptors (Lipinski definition) is 3. The van der Waals surface area contributed by atoms with Crippen LogP contribution in [0.2, 0.25) is 0 Å². The van der Waals surface area contributed by atoms with Crippen molar-refractivity contribution in [3.05, 3.63) is 29.8 Å². The van der Waals surface area contributed by atoms with Crippen LogP contribution in [-0.2, 0) is 4.79 Å². The van der Waals surface area contributed by atoms with Crippen molar-refractivity contribution in [2.45, 2.75) is 12.5 Å². The number of carbonyl (C=O) groups is 1. The van der Waals surface area contributed by atoms with Crippen LogP contribution in [0, 0.1) is 11.6 Å². The zero-order valence-electron chi connectivity index (χ0n) is 9.70. The van der Waals surface area contributed by atoms with E-state index >= 15 is 0 Å². The molecule has 0 bridgehead atoms. The number of carbonyl (C=O) groups excluding carboxylic acids is 1. The largest absolute Gasteiger partial charge is 0.387 e. The molecule has 1 fully saturated rings. The van der Waals surface area contributed by atoms with Crippen molar-refractivity contribution >= 4 is 11.6 Å². The lowest BCUT2D eigenvalue weighted by molar-refractivity contribution is -0.124. The summed E-state index contributed by atoms with van der Waals surface area (Å²) in [6, 6.07) is 3.32. The molecule has 2 rings (SSSR count). The molecule has 98 valence electrons. The van der Waals surface area contributed by atoms with Gasteiger partial charge >= 0.3 is 0 Å². The molecule has 0 spiro atoms. The summed E-state index contributed by atoms with van der Waals surface area (Å²) in [5.41, 5.74) is 0.331. The second-order valence-corrected chi connectivity index (χ2v) is 4.25. The molecule has 1 unspecified atom stereocenters. The van der Waals surface area contributed by atoms with Crippen LogP contribution in [0.15, 0.2) is 18.2 Å². The lowest BCUT2D eigenvalue weighted by atomic mass is 10.2. The minimum atomic E-state index is -0.611. The lowest BCUT2D eigenvalue weighted by Gasteiger charge is -2.19. The van der Waals surface area contributed by atoms with Crippen LogP contribution < -0.4 is 10.2 Å². The van der Waals surface area contributed by atoms with Gasteiger partial charge in [0.1, 0.15) is 18.2 Å². The van der Waals surface area contributed by atoms with Crippen molar-refractivity contribution in [1.82, 2.24) is 5.32 Å². The van der Waals surface area contributed by atoms with Gasteiger partial charge in [-0.15, -0.1) is 0 Å². The van der Waals surface area contributed by atoms with Gasteiger partial charge in [-0.2, -0.15) is 0 Å². The summed E-state index contributed by atoms with van der Waals surface area (Å²) in [5, 5.41) is 11.3. The Morgan fingerprint density at radius 2 is 2.28 bits per heavy atom. The van der Waals surface area contributed by atoms with Crippen LogP contribution in [0.1, 0.15) is 6.42 Å². The fourth-order valence-electron chi connectivity index (χ4n) is 2.11. The van der Waals surface area contributed by atoms with E-state index in [1.807, 2.05) is 0 Å². The third-order valence-corrected chi connectivity index (χ3v) is 2.95. The van der Waals surface area contributed by atoms with Gasteiger partial charge < -0.3 is 15.3 Å². The first-order valence-corrected chi connectivity index (χ1v) is 5.70. The van der Waals surface area contributed by atoms with Gasteiger partial charge in [0.2, 0.25) is 5.91 Å². The molecule has 1 aliphatic heterocycles. The van der Waals surface area contributed by atoms with Gasteiger partial charge in [-0.25, -0.2) is 8.78 Å². The number of rotatable bonds is 3. The zero-order valence-corrected chi connectivity index (χ0v) is 9.70. The smallest absolute Gasteiger partial charge is 0.245 e. The standard InChI is InChI=1S/C12H14F2N2O2/c13-8-1-2-11(10(14)5-8)16-4-3-9(6-16)15-12(18)7-17/h1-2,5,9,17H,3-4,6-7H2,(H,15,18). The number of halogens is 2. The molecule has 1 aliphatic rings. The van der Waals surface area contributed by atoms with Gasteiger partial charge in [0, 0.05) is 25.2 Å². The average Bonchev–Trinajstić information content (AvgIpc) is 2.77. The second kappa shape index (κ2) is 5.30. The first-order valence-electron chi connectivity index (χ1n) is 5.70. The van der Waals surface area contributed by atoms with E-state index in [0.29, 0.717) is 25.2 Å². The van der Waals surface area contributed by atoms with E-state index in [9.17, 15) is 13.6 Å². The Balaban J connectivity index is 2.02. The third kappa shape index (κ3) is 2.76. The summed E-state index contributed by atoms with van der Waals surface area (Å²) < 4.78 is 26.3. The van der Waals surface area contributed by atoms with Crippen molar-refractivity contribution in [3.8, 4) is 0 Å². The van der Waals surface area contributed by atoms with E-state index in [1.165, 1.54) is 12.1 Å². The normalized spacial score (nSPS) is 19.1. The summed E-state index contributed by atoms with van der Waals surface area (Å²) in [7, 11) is 0. The van der Waals surface area contributed by atoms with Crippen LogP contribution in [0.4, 0.5) is 14.5 Å². The van der Waals surface area contributed by atoms with Gasteiger partial charge in [-0.3, -0.25) is 4.79 Å². The van der Waals surface area contributed by atoms with Gasteiger partial charge in [-0.1, -0.05) is 0 Å². The van der Waals surface area contributed by atoms with E-state index in [4.69, 9.17) is 5.11 Å². The van der Waals surface area contributed by atoms with Crippen molar-refractivity contribution in [2.75, 3.05) is 24.6 Å². The van der Waals surface area contributed by atoms with Crippen molar-refractivity contribution in [2.24, 2.45) is 0 Å². The molecule has 1 aromatic carbocycles. The first kappa shape index (κ1) is 12.8. The first-order chi connectivity index (χ1) is 8.60. The van der Waals surface area contributed by atoms with Crippen LogP contribution in [-0.4, -0.2) is 36.8 Å². The highest BCUT2D eigenvalue weighted by molar-refractivity contribution is 5.77. The quantitative estimate of drug-likeness (QED) is 0.835. The predicted molar refractivity (Wildman–Crippen MR) is 62.2 cm³/mol. The number of benzene rings is 1. The Morgan fingerprint density at radius 3 is 2.94 bits per heavy atom. The number of nitrogens with zero attached hydrogens (tertiary/aromatic N) is 1.